The van der Waals surface area contributed by atoms with Crippen LogP contribution in [0.3, 0.4) is 0 Å². The van der Waals surface area contributed by atoms with Crippen LogP contribution in [0, 0.1) is 0 Å². The van der Waals surface area contributed by atoms with E-state index < -0.39 is 6.04 Å². The number of hydrogen-bond acceptors (Lipinski definition) is 3. The normalized spacial score (nSPS) is 20.2. The Morgan fingerprint density at radius 3 is 2.81 bits per heavy atom. The molecule has 21 heavy (non-hydrogen) atoms. The summed E-state index contributed by atoms with van der Waals surface area (Å²) in [5.41, 5.74) is 0.949. The Bertz CT molecular complexity index is 583. The molecule has 0 unspecified atom stereocenters. The van der Waals surface area contributed by atoms with Crippen LogP contribution in [0.1, 0.15) is 18.5 Å². The third-order valence-corrected chi connectivity index (χ3v) is 3.69. The van der Waals surface area contributed by atoms with Gasteiger partial charge >= 0.3 is 0 Å². The largest absolute Gasteiger partial charge is 0.375 e. The zero-order chi connectivity index (χ0) is 14.7. The number of hydrogen-bond donors (Lipinski definition) is 0. The first-order valence-corrected chi connectivity index (χ1v) is 7.20. The van der Waals surface area contributed by atoms with Gasteiger partial charge in [-0.25, -0.2) is 0 Å². The molecule has 1 aliphatic heterocycles. The summed E-state index contributed by atoms with van der Waals surface area (Å²) in [5, 5.41) is 4.27. The first-order chi connectivity index (χ1) is 10.3. The summed E-state index contributed by atoms with van der Waals surface area (Å²) >= 11 is 0. The second-order valence-electron chi connectivity index (χ2n) is 5.26. The number of carbonyl (C=O) groups excluding carboxylic acids is 1. The lowest BCUT2D eigenvalue weighted by Gasteiger charge is -2.33. The van der Waals surface area contributed by atoms with Gasteiger partial charge < -0.3 is 9.64 Å². The molecule has 0 radical (unpaired) electrons. The Balaban J connectivity index is 1.90. The third kappa shape index (κ3) is 2.97. The van der Waals surface area contributed by atoms with Gasteiger partial charge in [-0.3, -0.25) is 9.48 Å². The molecule has 1 aliphatic rings. The van der Waals surface area contributed by atoms with E-state index in [0.29, 0.717) is 19.7 Å². The molecule has 1 amide bonds. The molecule has 1 fully saturated rings. The number of rotatable bonds is 3. The first-order valence-electron chi connectivity index (χ1n) is 7.20. The maximum atomic E-state index is 13.0. The molecule has 2 atom stereocenters. The van der Waals surface area contributed by atoms with Gasteiger partial charge in [-0.15, -0.1) is 0 Å². The molecule has 1 saturated heterocycles. The van der Waals surface area contributed by atoms with E-state index in [1.165, 1.54) is 0 Å². The number of ether oxygens (including phenoxy) is 1. The van der Waals surface area contributed by atoms with Crippen molar-refractivity contribution in [3.05, 3.63) is 54.4 Å². The molecule has 0 bridgehead atoms. The summed E-state index contributed by atoms with van der Waals surface area (Å²) in [7, 11) is 0. The molecule has 110 valence electrons. The van der Waals surface area contributed by atoms with E-state index in [1.807, 2.05) is 54.4 Å². The van der Waals surface area contributed by atoms with Crippen molar-refractivity contribution in [3.63, 3.8) is 0 Å². The molecule has 5 nitrogen and oxygen atoms in total. The highest BCUT2D eigenvalue weighted by Crippen LogP contribution is 2.21. The second kappa shape index (κ2) is 6.10. The van der Waals surface area contributed by atoms with Crippen LogP contribution in [-0.4, -0.2) is 46.4 Å². The molecule has 1 aromatic heterocycles. The smallest absolute Gasteiger partial charge is 0.252 e. The number of carbonyl (C=O) groups is 1. The summed E-state index contributed by atoms with van der Waals surface area (Å²) in [5.74, 6) is 0.0695. The van der Waals surface area contributed by atoms with Gasteiger partial charge in [-0.1, -0.05) is 30.3 Å². The molecule has 0 N–H and O–H groups in total. The van der Waals surface area contributed by atoms with Crippen LogP contribution in [-0.2, 0) is 9.53 Å². The molecule has 5 heteroatoms. The second-order valence-corrected chi connectivity index (χ2v) is 5.26. The van der Waals surface area contributed by atoms with E-state index in [-0.39, 0.29) is 12.0 Å². The Morgan fingerprint density at radius 1 is 1.33 bits per heavy atom. The van der Waals surface area contributed by atoms with Crippen LogP contribution in [0.4, 0.5) is 0 Å². The zero-order valence-electron chi connectivity index (χ0n) is 12.1. The van der Waals surface area contributed by atoms with Gasteiger partial charge in [-0.05, 0) is 18.6 Å². The Kier molecular flexibility index (Phi) is 4.01. The van der Waals surface area contributed by atoms with E-state index in [9.17, 15) is 4.79 Å². The molecular weight excluding hydrogens is 266 g/mol. The molecule has 0 aliphatic carbocycles. The van der Waals surface area contributed by atoms with Gasteiger partial charge in [0.05, 0.1) is 12.7 Å². The van der Waals surface area contributed by atoms with Crippen molar-refractivity contribution in [2.45, 2.75) is 19.1 Å². The Hall–Kier alpha value is -2.14. The fraction of sp³-hybridized carbons (Fsp3) is 0.375. The minimum Gasteiger partial charge on any atom is -0.375 e. The van der Waals surface area contributed by atoms with Gasteiger partial charge in [0, 0.05) is 25.5 Å². The van der Waals surface area contributed by atoms with E-state index >= 15 is 0 Å². The van der Waals surface area contributed by atoms with Crippen molar-refractivity contribution in [1.82, 2.24) is 14.7 Å². The molecule has 2 heterocycles. The fourth-order valence-corrected chi connectivity index (χ4v) is 2.67. The molecule has 3 rings (SSSR count). The average Bonchev–Trinajstić information content (AvgIpc) is 3.02. The van der Waals surface area contributed by atoms with Crippen molar-refractivity contribution >= 4 is 5.91 Å². The topological polar surface area (TPSA) is 47.4 Å². The van der Waals surface area contributed by atoms with Crippen LogP contribution in [0.15, 0.2) is 48.8 Å². The summed E-state index contributed by atoms with van der Waals surface area (Å²) < 4.78 is 7.24. The minimum atomic E-state index is -0.411. The predicted octanol–water partition coefficient (Wildman–Crippen LogP) is 1.72. The van der Waals surface area contributed by atoms with E-state index in [2.05, 4.69) is 5.10 Å². The van der Waals surface area contributed by atoms with Crippen LogP contribution in [0.5, 0.6) is 0 Å². The molecule has 1 aromatic carbocycles. The van der Waals surface area contributed by atoms with Crippen molar-refractivity contribution in [3.8, 4) is 0 Å². The average molecular weight is 285 g/mol. The Labute approximate surface area is 124 Å². The lowest BCUT2D eigenvalue weighted by Crippen LogP contribution is -2.47. The van der Waals surface area contributed by atoms with Crippen LogP contribution < -0.4 is 0 Å². The van der Waals surface area contributed by atoms with Crippen LogP contribution >= 0.6 is 0 Å². The fourth-order valence-electron chi connectivity index (χ4n) is 2.67. The number of benzene rings is 1. The number of morpholine rings is 1. The molecule has 0 saturated carbocycles. The van der Waals surface area contributed by atoms with Gasteiger partial charge in [0.15, 0.2) is 6.04 Å². The maximum absolute atomic E-state index is 13.0. The highest BCUT2D eigenvalue weighted by Gasteiger charge is 2.30. The highest BCUT2D eigenvalue weighted by atomic mass is 16.5. The minimum absolute atomic E-state index is 0.0695. The SMILES string of the molecule is C[C@H]1CN(C(=O)[C@H](c2ccccc2)n2cccn2)CCO1. The van der Waals surface area contributed by atoms with Crippen molar-refractivity contribution in [1.29, 1.82) is 0 Å². The van der Waals surface area contributed by atoms with E-state index in [0.717, 1.165) is 5.56 Å². The van der Waals surface area contributed by atoms with Crippen LogP contribution in [0.2, 0.25) is 0 Å². The number of nitrogens with zero attached hydrogens (tertiary/aromatic N) is 3. The predicted molar refractivity (Wildman–Crippen MR) is 78.8 cm³/mol. The summed E-state index contributed by atoms with van der Waals surface area (Å²) in [6.07, 6.45) is 3.61. The first kappa shape index (κ1) is 13.8. The van der Waals surface area contributed by atoms with Crippen molar-refractivity contribution < 1.29 is 9.53 Å². The van der Waals surface area contributed by atoms with E-state index in [1.54, 1.807) is 10.9 Å². The van der Waals surface area contributed by atoms with Gasteiger partial charge in [-0.2, -0.15) is 5.10 Å². The molecule has 0 spiro atoms. The lowest BCUT2D eigenvalue weighted by molar-refractivity contribution is -0.140. The monoisotopic (exact) mass is 285 g/mol. The highest BCUT2D eigenvalue weighted by molar-refractivity contribution is 5.83. The number of aromatic nitrogens is 2. The Morgan fingerprint density at radius 2 is 2.14 bits per heavy atom. The summed E-state index contributed by atoms with van der Waals surface area (Å²) in [4.78, 5) is 14.8. The summed E-state index contributed by atoms with van der Waals surface area (Å²) in [6.45, 7) is 3.84. The van der Waals surface area contributed by atoms with E-state index in [4.69, 9.17) is 4.74 Å². The maximum Gasteiger partial charge on any atom is 0.252 e. The summed E-state index contributed by atoms with van der Waals surface area (Å²) in [6, 6.07) is 11.2. The van der Waals surface area contributed by atoms with Gasteiger partial charge in [0.25, 0.3) is 5.91 Å². The van der Waals surface area contributed by atoms with Crippen molar-refractivity contribution in [2.75, 3.05) is 19.7 Å². The quantitative estimate of drug-likeness (QED) is 0.862. The lowest BCUT2D eigenvalue weighted by atomic mass is 10.1. The van der Waals surface area contributed by atoms with Crippen LogP contribution in [0.25, 0.3) is 0 Å². The standard InChI is InChI=1S/C16H19N3O2/c1-13-12-18(10-11-21-13)16(20)15(19-9-5-8-17-19)14-6-3-2-4-7-14/h2-9,13,15H,10-12H2,1H3/t13-,15-/m0/s1. The zero-order valence-corrected chi connectivity index (χ0v) is 12.1. The van der Waals surface area contributed by atoms with Crippen molar-refractivity contribution in [2.24, 2.45) is 0 Å². The van der Waals surface area contributed by atoms with Gasteiger partial charge in [0.2, 0.25) is 0 Å². The molecular formula is C16H19N3O2. The van der Waals surface area contributed by atoms with Gasteiger partial charge in [0.1, 0.15) is 0 Å². The third-order valence-electron chi connectivity index (χ3n) is 3.69. The number of amides is 1. The molecule has 2 aromatic rings.